The Morgan fingerprint density at radius 3 is 2.55 bits per heavy atom. The first-order chi connectivity index (χ1) is 9.52. The summed E-state index contributed by atoms with van der Waals surface area (Å²) in [7, 11) is 0. The summed E-state index contributed by atoms with van der Waals surface area (Å²) in [5, 5.41) is 0. The molecule has 112 valence electrons. The van der Waals surface area contributed by atoms with E-state index in [0.717, 1.165) is 37.7 Å². The molecular weight excluding hydrogens is 256 g/mol. The second kappa shape index (κ2) is 6.66. The molecule has 20 heavy (non-hydrogen) atoms. The van der Waals surface area contributed by atoms with E-state index in [1.54, 1.807) is 0 Å². The van der Waals surface area contributed by atoms with Crippen molar-refractivity contribution in [3.8, 4) is 0 Å². The molecule has 0 spiro atoms. The van der Waals surface area contributed by atoms with Crippen LogP contribution in [-0.2, 0) is 6.42 Å². The summed E-state index contributed by atoms with van der Waals surface area (Å²) in [5.41, 5.74) is 6.65. The molecule has 2 rings (SSSR count). The van der Waals surface area contributed by atoms with Crippen LogP contribution in [0, 0.1) is 17.6 Å². The molecule has 1 nitrogen and oxygen atoms in total. The Morgan fingerprint density at radius 1 is 1.25 bits per heavy atom. The normalized spacial score (nSPS) is 26.7. The van der Waals surface area contributed by atoms with E-state index in [2.05, 4.69) is 6.92 Å². The van der Waals surface area contributed by atoms with Gasteiger partial charge in [-0.3, -0.25) is 0 Å². The van der Waals surface area contributed by atoms with Gasteiger partial charge in [0.15, 0.2) is 0 Å². The van der Waals surface area contributed by atoms with Crippen molar-refractivity contribution in [2.75, 3.05) is 0 Å². The van der Waals surface area contributed by atoms with Crippen LogP contribution < -0.4 is 5.73 Å². The molecule has 0 amide bonds. The van der Waals surface area contributed by atoms with Gasteiger partial charge in [-0.15, -0.1) is 0 Å². The molecule has 0 atom stereocenters. The van der Waals surface area contributed by atoms with Crippen LogP contribution in [0.25, 0.3) is 0 Å². The maximum atomic E-state index is 13.7. The number of halogens is 2. The summed E-state index contributed by atoms with van der Waals surface area (Å²) < 4.78 is 26.6. The molecular formula is C17H25F2N. The summed E-state index contributed by atoms with van der Waals surface area (Å²) in [6, 6.07) is 3.79. The SMILES string of the molecule is CCCCC1CCC(N)(Cc2ccc(F)cc2F)CC1. The van der Waals surface area contributed by atoms with Gasteiger partial charge in [-0.25, -0.2) is 8.78 Å². The molecule has 1 aromatic rings. The van der Waals surface area contributed by atoms with E-state index in [-0.39, 0.29) is 5.54 Å². The van der Waals surface area contributed by atoms with Gasteiger partial charge in [-0.1, -0.05) is 32.3 Å². The number of hydrogen-bond donors (Lipinski definition) is 1. The highest BCUT2D eigenvalue weighted by Crippen LogP contribution is 2.35. The second-order valence-electron chi connectivity index (χ2n) is 6.36. The fraction of sp³-hybridized carbons (Fsp3) is 0.647. The molecule has 0 saturated heterocycles. The third-order valence-electron chi connectivity index (χ3n) is 4.62. The first-order valence-corrected chi connectivity index (χ1v) is 7.75. The van der Waals surface area contributed by atoms with Crippen LogP contribution in [0.15, 0.2) is 18.2 Å². The standard InChI is InChI=1S/C17H25F2N/c1-2-3-4-13-7-9-17(20,10-8-13)12-14-5-6-15(18)11-16(14)19/h5-6,11,13H,2-4,7-10,12,20H2,1H3. The second-order valence-corrected chi connectivity index (χ2v) is 6.36. The number of nitrogens with two attached hydrogens (primary N) is 1. The molecule has 0 radical (unpaired) electrons. The van der Waals surface area contributed by atoms with E-state index >= 15 is 0 Å². The monoisotopic (exact) mass is 281 g/mol. The van der Waals surface area contributed by atoms with Gasteiger partial charge in [0.25, 0.3) is 0 Å². The maximum absolute atomic E-state index is 13.7. The average molecular weight is 281 g/mol. The third-order valence-corrected chi connectivity index (χ3v) is 4.62. The molecule has 2 N–H and O–H groups in total. The highest BCUT2D eigenvalue weighted by atomic mass is 19.1. The smallest absolute Gasteiger partial charge is 0.129 e. The average Bonchev–Trinajstić information content (AvgIpc) is 2.42. The van der Waals surface area contributed by atoms with E-state index < -0.39 is 11.6 Å². The van der Waals surface area contributed by atoms with Crippen LogP contribution in [0.3, 0.4) is 0 Å². The van der Waals surface area contributed by atoms with Gasteiger partial charge in [-0.05, 0) is 49.7 Å². The van der Waals surface area contributed by atoms with Gasteiger partial charge < -0.3 is 5.73 Å². The largest absolute Gasteiger partial charge is 0.325 e. The third kappa shape index (κ3) is 4.02. The Kier molecular flexibility index (Phi) is 5.14. The molecule has 3 heteroatoms. The Hall–Kier alpha value is -0.960. The molecule has 0 aliphatic heterocycles. The van der Waals surface area contributed by atoms with Gasteiger partial charge in [-0.2, -0.15) is 0 Å². The van der Waals surface area contributed by atoms with Gasteiger partial charge in [0.05, 0.1) is 0 Å². The molecule has 1 saturated carbocycles. The lowest BCUT2D eigenvalue weighted by molar-refractivity contribution is 0.220. The van der Waals surface area contributed by atoms with Gasteiger partial charge in [0.2, 0.25) is 0 Å². The fourth-order valence-corrected chi connectivity index (χ4v) is 3.26. The molecule has 0 heterocycles. The van der Waals surface area contributed by atoms with Crippen molar-refractivity contribution >= 4 is 0 Å². The topological polar surface area (TPSA) is 26.0 Å². The highest BCUT2D eigenvalue weighted by Gasteiger charge is 2.32. The summed E-state index contributed by atoms with van der Waals surface area (Å²) >= 11 is 0. The van der Waals surface area contributed by atoms with Crippen molar-refractivity contribution in [2.45, 2.75) is 63.8 Å². The van der Waals surface area contributed by atoms with Crippen molar-refractivity contribution in [2.24, 2.45) is 11.7 Å². The molecule has 1 aliphatic carbocycles. The lowest BCUT2D eigenvalue weighted by Crippen LogP contribution is -2.45. The van der Waals surface area contributed by atoms with Crippen molar-refractivity contribution in [3.05, 3.63) is 35.4 Å². The van der Waals surface area contributed by atoms with Crippen molar-refractivity contribution < 1.29 is 8.78 Å². The first kappa shape index (κ1) is 15.4. The lowest BCUT2D eigenvalue weighted by atomic mass is 9.73. The van der Waals surface area contributed by atoms with Crippen LogP contribution >= 0.6 is 0 Å². The number of rotatable bonds is 5. The minimum Gasteiger partial charge on any atom is -0.325 e. The summed E-state index contributed by atoms with van der Waals surface area (Å²) in [4.78, 5) is 0. The van der Waals surface area contributed by atoms with Gasteiger partial charge >= 0.3 is 0 Å². The zero-order valence-electron chi connectivity index (χ0n) is 12.3. The summed E-state index contributed by atoms with van der Waals surface area (Å²) in [6.07, 6.45) is 8.49. The van der Waals surface area contributed by atoms with Crippen molar-refractivity contribution in [1.82, 2.24) is 0 Å². The molecule has 1 fully saturated rings. The Balaban J connectivity index is 1.93. The predicted octanol–water partition coefficient (Wildman–Crippen LogP) is 4.59. The lowest BCUT2D eigenvalue weighted by Gasteiger charge is -2.37. The van der Waals surface area contributed by atoms with Gasteiger partial charge in [0.1, 0.15) is 11.6 Å². The van der Waals surface area contributed by atoms with E-state index in [4.69, 9.17) is 5.73 Å². The van der Waals surface area contributed by atoms with Crippen LogP contribution in [0.1, 0.15) is 57.4 Å². The highest BCUT2D eigenvalue weighted by molar-refractivity contribution is 5.21. The Morgan fingerprint density at radius 2 is 1.95 bits per heavy atom. The summed E-state index contributed by atoms with van der Waals surface area (Å²) in [5.74, 6) is -0.215. The van der Waals surface area contributed by atoms with Crippen molar-refractivity contribution in [1.29, 1.82) is 0 Å². The van der Waals surface area contributed by atoms with Crippen LogP contribution in [-0.4, -0.2) is 5.54 Å². The van der Waals surface area contributed by atoms with E-state index in [9.17, 15) is 8.78 Å². The van der Waals surface area contributed by atoms with Crippen molar-refractivity contribution in [3.63, 3.8) is 0 Å². The molecule has 1 aliphatic rings. The maximum Gasteiger partial charge on any atom is 0.129 e. The van der Waals surface area contributed by atoms with E-state index in [1.165, 1.54) is 31.4 Å². The van der Waals surface area contributed by atoms with Crippen LogP contribution in [0.2, 0.25) is 0 Å². The summed E-state index contributed by atoms with van der Waals surface area (Å²) in [6.45, 7) is 2.22. The van der Waals surface area contributed by atoms with E-state index in [1.807, 2.05) is 0 Å². The minimum absolute atomic E-state index is 0.318. The van der Waals surface area contributed by atoms with Crippen LogP contribution in [0.5, 0.6) is 0 Å². The van der Waals surface area contributed by atoms with Crippen LogP contribution in [0.4, 0.5) is 8.78 Å². The minimum atomic E-state index is -0.527. The molecule has 0 unspecified atom stereocenters. The molecule has 0 bridgehead atoms. The Labute approximate surface area is 120 Å². The fourth-order valence-electron chi connectivity index (χ4n) is 3.26. The number of benzene rings is 1. The Bertz CT molecular complexity index is 437. The zero-order valence-corrected chi connectivity index (χ0v) is 12.3. The first-order valence-electron chi connectivity index (χ1n) is 7.75. The number of unbranched alkanes of at least 4 members (excludes halogenated alkanes) is 1. The van der Waals surface area contributed by atoms with E-state index in [0.29, 0.717) is 12.0 Å². The molecule has 0 aromatic heterocycles. The predicted molar refractivity (Wildman–Crippen MR) is 78.5 cm³/mol. The zero-order chi connectivity index (χ0) is 14.6. The molecule has 1 aromatic carbocycles. The number of hydrogen-bond acceptors (Lipinski definition) is 1. The quantitative estimate of drug-likeness (QED) is 0.839. The van der Waals surface area contributed by atoms with Gasteiger partial charge in [0, 0.05) is 11.6 Å².